The van der Waals surface area contributed by atoms with E-state index < -0.39 is 5.97 Å². The van der Waals surface area contributed by atoms with Gasteiger partial charge in [-0.1, -0.05) is 0 Å². The Hall–Kier alpha value is -2.50. The van der Waals surface area contributed by atoms with E-state index in [1.807, 2.05) is 0 Å². The van der Waals surface area contributed by atoms with Gasteiger partial charge < -0.3 is 5.11 Å². The van der Waals surface area contributed by atoms with Crippen LogP contribution in [0.2, 0.25) is 0 Å². The zero-order valence-electron chi connectivity index (χ0n) is 9.58. The van der Waals surface area contributed by atoms with Crippen LogP contribution in [-0.4, -0.2) is 34.9 Å². The Bertz CT molecular complexity index is 560. The molecule has 18 heavy (non-hydrogen) atoms. The normalized spacial score (nSPS) is 14.6. The first-order valence-corrected chi connectivity index (χ1v) is 5.22. The molecule has 0 aliphatic carbocycles. The first kappa shape index (κ1) is 12.0. The molecule has 0 saturated carbocycles. The van der Waals surface area contributed by atoms with Gasteiger partial charge in [0.05, 0.1) is 11.3 Å². The molecule has 1 N–H and O–H groups in total. The lowest BCUT2D eigenvalue weighted by Gasteiger charge is -2.12. The monoisotopic (exact) mass is 246 g/mol. The Balaban J connectivity index is 2.26. The van der Waals surface area contributed by atoms with Gasteiger partial charge >= 0.3 is 5.97 Å². The molecule has 6 heteroatoms. The summed E-state index contributed by atoms with van der Waals surface area (Å²) in [6.45, 7) is 1.29. The smallest absolute Gasteiger partial charge is 0.335 e. The number of Topliss-reactive ketones (excluding diaryl/α,β-unsaturated/α-hetero) is 2. The van der Waals surface area contributed by atoms with Crippen LogP contribution in [0.25, 0.3) is 0 Å². The van der Waals surface area contributed by atoms with Gasteiger partial charge in [-0.2, -0.15) is 5.10 Å². The molecular formula is C12H10N2O4. The van der Waals surface area contributed by atoms with E-state index in [0.29, 0.717) is 5.69 Å². The molecule has 1 aliphatic rings. The third-order valence-corrected chi connectivity index (χ3v) is 2.52. The van der Waals surface area contributed by atoms with Crippen molar-refractivity contribution >= 4 is 28.9 Å². The summed E-state index contributed by atoms with van der Waals surface area (Å²) in [6.07, 6.45) is 0. The van der Waals surface area contributed by atoms with Gasteiger partial charge in [-0.15, -0.1) is 0 Å². The van der Waals surface area contributed by atoms with Crippen LogP contribution in [0.4, 0.5) is 5.69 Å². The van der Waals surface area contributed by atoms with E-state index in [1.54, 1.807) is 12.1 Å². The van der Waals surface area contributed by atoms with Crippen molar-refractivity contribution in [2.24, 2.45) is 5.10 Å². The van der Waals surface area contributed by atoms with Gasteiger partial charge in [-0.05, 0) is 24.3 Å². The standard InChI is InChI=1S/C12H10N2O4/c1-7(15)11-10(16)6-14(13-11)9-4-2-8(3-5-9)12(17)18/h2-5H,6H2,1H3,(H,17,18). The Kier molecular flexibility index (Phi) is 2.93. The molecule has 0 spiro atoms. The van der Waals surface area contributed by atoms with Crippen molar-refractivity contribution < 1.29 is 19.5 Å². The molecule has 1 heterocycles. The second-order valence-electron chi connectivity index (χ2n) is 3.84. The minimum Gasteiger partial charge on any atom is -0.478 e. The second-order valence-corrected chi connectivity index (χ2v) is 3.84. The Morgan fingerprint density at radius 3 is 2.33 bits per heavy atom. The maximum absolute atomic E-state index is 11.5. The van der Waals surface area contributed by atoms with Crippen molar-refractivity contribution in [3.05, 3.63) is 29.8 Å². The number of carbonyl (C=O) groups excluding carboxylic acids is 2. The van der Waals surface area contributed by atoms with E-state index in [-0.39, 0.29) is 29.4 Å². The number of ketones is 2. The lowest BCUT2D eigenvalue weighted by molar-refractivity contribution is -0.114. The number of nitrogens with zero attached hydrogens (tertiary/aromatic N) is 2. The molecule has 1 aliphatic heterocycles. The quantitative estimate of drug-likeness (QED) is 0.849. The van der Waals surface area contributed by atoms with Gasteiger partial charge in [0.25, 0.3) is 0 Å². The first-order valence-electron chi connectivity index (χ1n) is 5.22. The SMILES string of the molecule is CC(=O)C1=NN(c2ccc(C(=O)O)cc2)CC1=O. The van der Waals surface area contributed by atoms with Crippen molar-refractivity contribution in [1.82, 2.24) is 0 Å². The van der Waals surface area contributed by atoms with Crippen LogP contribution in [0.5, 0.6) is 0 Å². The predicted octanol–water partition coefficient (Wildman–Crippen LogP) is 0.719. The minimum atomic E-state index is -1.02. The van der Waals surface area contributed by atoms with Gasteiger partial charge in [0.1, 0.15) is 6.54 Å². The summed E-state index contributed by atoms with van der Waals surface area (Å²) in [5.41, 5.74) is 0.655. The van der Waals surface area contributed by atoms with Crippen LogP contribution >= 0.6 is 0 Å². The highest BCUT2D eigenvalue weighted by atomic mass is 16.4. The van der Waals surface area contributed by atoms with Crippen molar-refractivity contribution in [3.63, 3.8) is 0 Å². The molecule has 92 valence electrons. The molecule has 0 unspecified atom stereocenters. The molecule has 0 amide bonds. The Morgan fingerprint density at radius 1 is 1.28 bits per heavy atom. The second kappa shape index (κ2) is 4.40. The molecule has 1 aromatic rings. The van der Waals surface area contributed by atoms with Gasteiger partial charge in [0.15, 0.2) is 11.5 Å². The van der Waals surface area contributed by atoms with Crippen LogP contribution in [0.3, 0.4) is 0 Å². The molecule has 6 nitrogen and oxygen atoms in total. The first-order chi connectivity index (χ1) is 8.49. The van der Waals surface area contributed by atoms with Gasteiger partial charge in [-0.25, -0.2) is 4.79 Å². The number of hydrogen-bond donors (Lipinski definition) is 1. The molecule has 0 radical (unpaired) electrons. The topological polar surface area (TPSA) is 87.0 Å². The predicted molar refractivity (Wildman–Crippen MR) is 63.9 cm³/mol. The van der Waals surface area contributed by atoms with E-state index in [4.69, 9.17) is 5.11 Å². The lowest BCUT2D eigenvalue weighted by Crippen LogP contribution is -2.21. The molecule has 2 rings (SSSR count). The van der Waals surface area contributed by atoms with Crippen LogP contribution in [0, 0.1) is 0 Å². The van der Waals surface area contributed by atoms with Crippen molar-refractivity contribution in [2.45, 2.75) is 6.92 Å². The van der Waals surface area contributed by atoms with Gasteiger partial charge in [-0.3, -0.25) is 14.6 Å². The fraction of sp³-hybridized carbons (Fsp3) is 0.167. The highest BCUT2D eigenvalue weighted by Gasteiger charge is 2.27. The van der Waals surface area contributed by atoms with Gasteiger partial charge in [0, 0.05) is 6.92 Å². The van der Waals surface area contributed by atoms with E-state index >= 15 is 0 Å². The maximum atomic E-state index is 11.5. The van der Waals surface area contributed by atoms with Crippen LogP contribution in [-0.2, 0) is 9.59 Å². The average molecular weight is 246 g/mol. The summed E-state index contributed by atoms with van der Waals surface area (Å²) in [6, 6.07) is 5.93. The van der Waals surface area contributed by atoms with E-state index in [2.05, 4.69) is 5.10 Å². The maximum Gasteiger partial charge on any atom is 0.335 e. The molecule has 0 bridgehead atoms. The summed E-state index contributed by atoms with van der Waals surface area (Å²) < 4.78 is 0. The van der Waals surface area contributed by atoms with Crippen LogP contribution in [0.1, 0.15) is 17.3 Å². The third-order valence-electron chi connectivity index (χ3n) is 2.52. The zero-order valence-corrected chi connectivity index (χ0v) is 9.58. The number of carboxylic acid groups (broad SMARTS) is 1. The summed E-state index contributed by atoms with van der Waals surface area (Å²) in [4.78, 5) is 33.3. The lowest BCUT2D eigenvalue weighted by atomic mass is 10.2. The van der Waals surface area contributed by atoms with Crippen molar-refractivity contribution in [2.75, 3.05) is 11.6 Å². The summed E-state index contributed by atoms with van der Waals surface area (Å²) in [7, 11) is 0. The van der Waals surface area contributed by atoms with Crippen LogP contribution in [0.15, 0.2) is 29.4 Å². The zero-order chi connectivity index (χ0) is 13.3. The molecule has 0 atom stereocenters. The van der Waals surface area contributed by atoms with Crippen molar-refractivity contribution in [1.29, 1.82) is 0 Å². The number of hydrazone groups is 1. The number of aromatic carboxylic acids is 1. The number of anilines is 1. The van der Waals surface area contributed by atoms with Gasteiger partial charge in [0.2, 0.25) is 5.78 Å². The van der Waals surface area contributed by atoms with Crippen LogP contribution < -0.4 is 5.01 Å². The number of carbonyl (C=O) groups is 3. The Morgan fingerprint density at radius 2 is 1.89 bits per heavy atom. The Labute approximate surface area is 103 Å². The summed E-state index contributed by atoms with van der Waals surface area (Å²) >= 11 is 0. The molecular weight excluding hydrogens is 236 g/mol. The average Bonchev–Trinajstić information content (AvgIpc) is 2.71. The number of hydrogen-bond acceptors (Lipinski definition) is 5. The molecule has 0 aromatic heterocycles. The summed E-state index contributed by atoms with van der Waals surface area (Å²) in [5.74, 6) is -1.72. The largest absolute Gasteiger partial charge is 0.478 e. The van der Waals surface area contributed by atoms with E-state index in [9.17, 15) is 14.4 Å². The molecule has 1 aromatic carbocycles. The number of benzene rings is 1. The fourth-order valence-corrected chi connectivity index (χ4v) is 1.61. The number of rotatable bonds is 3. The fourth-order valence-electron chi connectivity index (χ4n) is 1.61. The molecule has 0 fully saturated rings. The molecule has 0 saturated heterocycles. The third kappa shape index (κ3) is 2.13. The number of carboxylic acids is 1. The highest BCUT2D eigenvalue weighted by Crippen LogP contribution is 2.19. The minimum absolute atomic E-state index is 0.00132. The van der Waals surface area contributed by atoms with Crippen molar-refractivity contribution in [3.8, 4) is 0 Å². The van der Waals surface area contributed by atoms with E-state index in [1.165, 1.54) is 24.1 Å². The van der Waals surface area contributed by atoms with E-state index in [0.717, 1.165) is 0 Å². The highest BCUT2D eigenvalue weighted by molar-refractivity contribution is 6.67. The summed E-state index contributed by atoms with van der Waals surface area (Å²) in [5, 5.41) is 14.1.